The second-order valence-electron chi connectivity index (χ2n) is 2.67. The lowest BCUT2D eigenvalue weighted by Crippen LogP contribution is -2.13. The number of esters is 2. The molecule has 0 saturated carbocycles. The van der Waals surface area contributed by atoms with Crippen LogP contribution in [0.2, 0.25) is 0 Å². The fraction of sp³-hybridized carbons (Fsp3) is 0.300. The van der Waals surface area contributed by atoms with Gasteiger partial charge in [0, 0.05) is 17.7 Å². The second kappa shape index (κ2) is 7.22. The zero-order valence-corrected chi connectivity index (χ0v) is 8.76. The van der Waals surface area contributed by atoms with Crippen LogP contribution in [0.3, 0.4) is 0 Å². The molecule has 0 aromatic heterocycles. The fourth-order valence-electron chi connectivity index (χ4n) is 0.694. The molecule has 1 N–H and O–H groups in total. The van der Waals surface area contributed by atoms with Crippen LogP contribution < -0.4 is 0 Å². The molecule has 0 radical (unpaired) electrons. The summed E-state index contributed by atoms with van der Waals surface area (Å²) < 4.78 is 9.15. The fourth-order valence-corrected chi connectivity index (χ4v) is 0.694. The molecule has 0 aliphatic heterocycles. The van der Waals surface area contributed by atoms with Gasteiger partial charge in [-0.05, 0) is 6.92 Å². The van der Waals surface area contributed by atoms with Crippen LogP contribution in [0.4, 0.5) is 0 Å². The summed E-state index contributed by atoms with van der Waals surface area (Å²) >= 11 is 0. The Morgan fingerprint density at radius 2 is 1.81 bits per heavy atom. The van der Waals surface area contributed by atoms with Crippen LogP contribution in [-0.4, -0.2) is 36.2 Å². The highest BCUT2D eigenvalue weighted by Gasteiger charge is 2.07. The molecule has 0 bridgehead atoms. The summed E-state index contributed by atoms with van der Waals surface area (Å²) in [6.07, 6.45) is 1.72. The first-order chi connectivity index (χ1) is 7.47. The molecule has 88 valence electrons. The smallest absolute Gasteiger partial charge is 0.334 e. The third kappa shape index (κ3) is 6.36. The van der Waals surface area contributed by atoms with Crippen molar-refractivity contribution in [1.29, 1.82) is 0 Å². The van der Waals surface area contributed by atoms with Crippen molar-refractivity contribution in [3.63, 3.8) is 0 Å². The van der Waals surface area contributed by atoms with E-state index in [-0.39, 0.29) is 18.8 Å². The van der Waals surface area contributed by atoms with Gasteiger partial charge in [-0.1, -0.05) is 6.58 Å². The predicted octanol–water partition coefficient (Wildman–Crippen LogP) is 0.290. The van der Waals surface area contributed by atoms with Gasteiger partial charge in [-0.2, -0.15) is 0 Å². The van der Waals surface area contributed by atoms with Gasteiger partial charge in [0.1, 0.15) is 13.2 Å². The van der Waals surface area contributed by atoms with Gasteiger partial charge in [0.15, 0.2) is 0 Å². The Kier molecular flexibility index (Phi) is 6.27. The molecule has 0 amide bonds. The summed E-state index contributed by atoms with van der Waals surface area (Å²) in [5, 5.41) is 8.34. The molecule has 0 spiro atoms. The van der Waals surface area contributed by atoms with E-state index >= 15 is 0 Å². The first-order valence-corrected chi connectivity index (χ1v) is 4.35. The number of rotatable bonds is 6. The molecular weight excluding hydrogens is 216 g/mol. The van der Waals surface area contributed by atoms with Crippen molar-refractivity contribution in [2.45, 2.75) is 6.92 Å². The van der Waals surface area contributed by atoms with Gasteiger partial charge >= 0.3 is 17.9 Å². The number of carbonyl (C=O) groups excluding carboxylic acids is 2. The molecule has 0 aromatic rings. The Hall–Kier alpha value is -2.11. The van der Waals surface area contributed by atoms with E-state index in [0.29, 0.717) is 0 Å². The number of hydrogen-bond acceptors (Lipinski definition) is 5. The first-order valence-electron chi connectivity index (χ1n) is 4.35. The number of ether oxygens (including phenoxy) is 2. The molecule has 0 atom stereocenters. The Morgan fingerprint density at radius 3 is 2.31 bits per heavy atom. The summed E-state index contributed by atoms with van der Waals surface area (Å²) in [5.41, 5.74) is -0.0393. The summed E-state index contributed by atoms with van der Waals surface area (Å²) in [6.45, 7) is 4.25. The Bertz CT molecular complexity index is 328. The molecule has 6 nitrogen and oxygen atoms in total. The van der Waals surface area contributed by atoms with Crippen LogP contribution in [0.25, 0.3) is 0 Å². The van der Waals surface area contributed by atoms with E-state index in [1.165, 1.54) is 6.92 Å². The van der Waals surface area contributed by atoms with Crippen LogP contribution in [0.15, 0.2) is 24.3 Å². The molecule has 0 aliphatic carbocycles. The summed E-state index contributed by atoms with van der Waals surface area (Å²) in [6, 6.07) is 0. The minimum absolute atomic E-state index is 0.0393. The van der Waals surface area contributed by atoms with E-state index in [2.05, 4.69) is 16.1 Å². The predicted molar refractivity (Wildman–Crippen MR) is 53.5 cm³/mol. The monoisotopic (exact) mass is 228 g/mol. The molecule has 0 saturated heterocycles. The topological polar surface area (TPSA) is 89.9 Å². The van der Waals surface area contributed by atoms with Crippen molar-refractivity contribution >= 4 is 17.9 Å². The SMILES string of the molecule is C=CC(=O)OCCOC(=O)C(C)=CC(=O)O. The van der Waals surface area contributed by atoms with Crippen LogP contribution >= 0.6 is 0 Å². The van der Waals surface area contributed by atoms with Crippen LogP contribution in [-0.2, 0) is 23.9 Å². The van der Waals surface area contributed by atoms with Crippen LogP contribution in [0, 0.1) is 0 Å². The highest BCUT2D eigenvalue weighted by atomic mass is 16.6. The maximum Gasteiger partial charge on any atom is 0.334 e. The summed E-state index contributed by atoms with van der Waals surface area (Å²) in [4.78, 5) is 31.9. The lowest BCUT2D eigenvalue weighted by molar-refractivity contribution is -0.146. The van der Waals surface area contributed by atoms with Gasteiger partial charge < -0.3 is 14.6 Å². The van der Waals surface area contributed by atoms with Crippen LogP contribution in [0.5, 0.6) is 0 Å². The number of carboxylic acid groups (broad SMARTS) is 1. The minimum atomic E-state index is -1.23. The van der Waals surface area contributed by atoms with Gasteiger partial charge in [-0.3, -0.25) is 0 Å². The summed E-state index contributed by atoms with van der Waals surface area (Å²) in [5.74, 6) is -2.61. The lowest BCUT2D eigenvalue weighted by Gasteiger charge is -2.04. The maximum atomic E-state index is 11.1. The molecule has 0 fully saturated rings. The number of carboxylic acids is 1. The van der Waals surface area contributed by atoms with E-state index < -0.39 is 17.9 Å². The van der Waals surface area contributed by atoms with Crippen molar-refractivity contribution in [3.8, 4) is 0 Å². The number of hydrogen-bond donors (Lipinski definition) is 1. The molecule has 0 aliphatic rings. The molecule has 0 aromatic carbocycles. The minimum Gasteiger partial charge on any atom is -0.478 e. The van der Waals surface area contributed by atoms with Gasteiger partial charge in [-0.15, -0.1) is 0 Å². The largest absolute Gasteiger partial charge is 0.478 e. The Morgan fingerprint density at radius 1 is 1.25 bits per heavy atom. The Labute approximate surface area is 92.2 Å². The quantitative estimate of drug-likeness (QED) is 0.399. The van der Waals surface area contributed by atoms with Crippen molar-refractivity contribution in [3.05, 3.63) is 24.3 Å². The highest BCUT2D eigenvalue weighted by Crippen LogP contribution is 1.96. The second-order valence-corrected chi connectivity index (χ2v) is 2.67. The van der Waals surface area contributed by atoms with Gasteiger partial charge in [0.05, 0.1) is 0 Å². The van der Waals surface area contributed by atoms with Crippen molar-refractivity contribution in [1.82, 2.24) is 0 Å². The average molecular weight is 228 g/mol. The molecule has 6 heteroatoms. The van der Waals surface area contributed by atoms with E-state index in [4.69, 9.17) is 5.11 Å². The van der Waals surface area contributed by atoms with Crippen LogP contribution in [0.1, 0.15) is 6.92 Å². The van der Waals surface area contributed by atoms with E-state index in [9.17, 15) is 14.4 Å². The van der Waals surface area contributed by atoms with Gasteiger partial charge in [-0.25, -0.2) is 14.4 Å². The van der Waals surface area contributed by atoms with Crippen molar-refractivity contribution in [2.75, 3.05) is 13.2 Å². The van der Waals surface area contributed by atoms with E-state index in [1.807, 2.05) is 0 Å². The maximum absolute atomic E-state index is 11.1. The molecule has 0 heterocycles. The standard InChI is InChI=1S/C10H12O6/c1-3-9(13)15-4-5-16-10(14)7(2)6-8(11)12/h3,6H,1,4-5H2,2H3,(H,11,12). The molecule has 0 rings (SSSR count). The van der Waals surface area contributed by atoms with E-state index in [0.717, 1.165) is 12.2 Å². The molecular formula is C10H12O6. The normalized spacial score (nSPS) is 10.4. The number of carbonyl (C=O) groups is 3. The third-order valence-corrected chi connectivity index (χ3v) is 1.39. The molecule has 0 unspecified atom stereocenters. The van der Waals surface area contributed by atoms with Gasteiger partial charge in [0.2, 0.25) is 0 Å². The number of aliphatic carboxylic acids is 1. The van der Waals surface area contributed by atoms with Crippen molar-refractivity contribution < 1.29 is 29.0 Å². The van der Waals surface area contributed by atoms with Crippen molar-refractivity contribution in [2.24, 2.45) is 0 Å². The van der Waals surface area contributed by atoms with E-state index in [1.54, 1.807) is 0 Å². The lowest BCUT2D eigenvalue weighted by atomic mass is 10.3. The Balaban J connectivity index is 3.86. The van der Waals surface area contributed by atoms with Gasteiger partial charge in [0.25, 0.3) is 0 Å². The molecule has 16 heavy (non-hydrogen) atoms. The zero-order valence-electron chi connectivity index (χ0n) is 8.76. The first kappa shape index (κ1) is 13.9. The average Bonchev–Trinajstić information content (AvgIpc) is 2.22. The highest BCUT2D eigenvalue weighted by molar-refractivity contribution is 5.95. The zero-order chi connectivity index (χ0) is 12.6. The third-order valence-electron chi connectivity index (χ3n) is 1.39. The summed E-state index contributed by atoms with van der Waals surface area (Å²) in [7, 11) is 0.